The van der Waals surface area contributed by atoms with Gasteiger partial charge in [-0.3, -0.25) is 0 Å². The Labute approximate surface area is 107 Å². The second kappa shape index (κ2) is 5.32. The van der Waals surface area contributed by atoms with Crippen LogP contribution >= 0.6 is 27.7 Å². The number of nitrogen functional groups attached to an aromatic ring is 1. The van der Waals surface area contributed by atoms with Crippen LogP contribution in [0.3, 0.4) is 0 Å². The molecule has 2 aromatic rings. The first kappa shape index (κ1) is 11.4. The summed E-state index contributed by atoms with van der Waals surface area (Å²) in [4.78, 5) is 8.17. The number of nitrogens with zero attached hydrogens (tertiary/aromatic N) is 2. The Hall–Kier alpha value is -1.07. The lowest BCUT2D eigenvalue weighted by Gasteiger charge is -2.03. The van der Waals surface area contributed by atoms with Crippen LogP contribution in [-0.4, -0.2) is 9.97 Å². The van der Waals surface area contributed by atoms with Crippen molar-refractivity contribution in [3.05, 3.63) is 46.7 Å². The fraction of sp³-hybridized carbons (Fsp3) is 0.0909. The van der Waals surface area contributed by atoms with Gasteiger partial charge in [0.2, 0.25) is 0 Å². The second-order valence-electron chi connectivity index (χ2n) is 3.17. The molecule has 0 unspecified atom stereocenters. The molecule has 1 aromatic carbocycles. The largest absolute Gasteiger partial charge is 0.381 e. The van der Waals surface area contributed by atoms with Gasteiger partial charge in [0.25, 0.3) is 0 Å². The SMILES string of the molecule is Nc1nccnc1SCc1cccc(Br)c1. The van der Waals surface area contributed by atoms with Crippen molar-refractivity contribution in [1.29, 1.82) is 0 Å². The van der Waals surface area contributed by atoms with E-state index in [-0.39, 0.29) is 0 Å². The van der Waals surface area contributed by atoms with Crippen LogP contribution in [0.25, 0.3) is 0 Å². The van der Waals surface area contributed by atoms with Crippen molar-refractivity contribution in [2.45, 2.75) is 10.8 Å². The molecule has 2 rings (SSSR count). The maximum Gasteiger partial charge on any atom is 0.156 e. The van der Waals surface area contributed by atoms with Gasteiger partial charge in [-0.05, 0) is 17.7 Å². The fourth-order valence-electron chi connectivity index (χ4n) is 1.23. The molecular weight excluding hydrogens is 286 g/mol. The zero-order chi connectivity index (χ0) is 11.4. The van der Waals surface area contributed by atoms with Gasteiger partial charge in [0.1, 0.15) is 5.03 Å². The summed E-state index contributed by atoms with van der Waals surface area (Å²) >= 11 is 5.03. The van der Waals surface area contributed by atoms with E-state index in [0.29, 0.717) is 5.82 Å². The molecule has 0 aliphatic carbocycles. The average Bonchev–Trinajstić information content (AvgIpc) is 2.28. The van der Waals surface area contributed by atoms with Crippen LogP contribution in [0.4, 0.5) is 5.82 Å². The summed E-state index contributed by atoms with van der Waals surface area (Å²) in [6.45, 7) is 0. The molecule has 0 fully saturated rings. The van der Waals surface area contributed by atoms with Gasteiger partial charge in [-0.1, -0.05) is 39.8 Å². The Bertz CT molecular complexity index is 490. The van der Waals surface area contributed by atoms with Gasteiger partial charge < -0.3 is 5.73 Å². The Balaban J connectivity index is 2.05. The average molecular weight is 296 g/mol. The van der Waals surface area contributed by atoms with Gasteiger partial charge in [-0.2, -0.15) is 0 Å². The van der Waals surface area contributed by atoms with E-state index in [9.17, 15) is 0 Å². The number of thioether (sulfide) groups is 1. The summed E-state index contributed by atoms with van der Waals surface area (Å²) in [5, 5.41) is 0.780. The number of hydrogen-bond acceptors (Lipinski definition) is 4. The van der Waals surface area contributed by atoms with E-state index in [2.05, 4.69) is 38.0 Å². The number of rotatable bonds is 3. The molecule has 0 saturated heterocycles. The molecule has 0 spiro atoms. The van der Waals surface area contributed by atoms with Crippen LogP contribution in [0.5, 0.6) is 0 Å². The molecule has 16 heavy (non-hydrogen) atoms. The highest BCUT2D eigenvalue weighted by Crippen LogP contribution is 2.25. The van der Waals surface area contributed by atoms with Crippen LogP contribution in [-0.2, 0) is 5.75 Å². The van der Waals surface area contributed by atoms with E-state index in [0.717, 1.165) is 15.3 Å². The van der Waals surface area contributed by atoms with Crippen molar-refractivity contribution in [2.75, 3.05) is 5.73 Å². The molecule has 0 aliphatic heterocycles. The predicted molar refractivity (Wildman–Crippen MR) is 70.1 cm³/mol. The van der Waals surface area contributed by atoms with Crippen LogP contribution in [0.15, 0.2) is 46.2 Å². The molecule has 0 atom stereocenters. The highest BCUT2D eigenvalue weighted by atomic mass is 79.9. The molecule has 1 heterocycles. The van der Waals surface area contributed by atoms with Gasteiger partial charge >= 0.3 is 0 Å². The summed E-state index contributed by atoms with van der Waals surface area (Å²) in [5.41, 5.74) is 6.94. The first-order valence-corrected chi connectivity index (χ1v) is 6.47. The molecule has 3 nitrogen and oxygen atoms in total. The lowest BCUT2D eigenvalue weighted by atomic mass is 10.2. The minimum atomic E-state index is 0.488. The van der Waals surface area contributed by atoms with Crippen molar-refractivity contribution in [2.24, 2.45) is 0 Å². The molecular formula is C11H10BrN3S. The first-order chi connectivity index (χ1) is 7.75. The molecule has 0 saturated carbocycles. The number of anilines is 1. The fourth-order valence-corrected chi connectivity index (χ4v) is 2.49. The summed E-state index contributed by atoms with van der Waals surface area (Å²) in [7, 11) is 0. The summed E-state index contributed by atoms with van der Waals surface area (Å²) in [5.74, 6) is 1.32. The quantitative estimate of drug-likeness (QED) is 0.884. The van der Waals surface area contributed by atoms with Crippen molar-refractivity contribution in [3.63, 3.8) is 0 Å². The lowest BCUT2D eigenvalue weighted by molar-refractivity contribution is 1.07. The van der Waals surface area contributed by atoms with Gasteiger partial charge in [0.15, 0.2) is 5.82 Å². The highest BCUT2D eigenvalue weighted by molar-refractivity contribution is 9.10. The number of benzene rings is 1. The van der Waals surface area contributed by atoms with Crippen molar-refractivity contribution in [1.82, 2.24) is 9.97 Å². The number of nitrogens with two attached hydrogens (primary N) is 1. The number of halogens is 1. The van der Waals surface area contributed by atoms with Crippen molar-refractivity contribution < 1.29 is 0 Å². The van der Waals surface area contributed by atoms with Crippen LogP contribution in [0, 0.1) is 0 Å². The highest BCUT2D eigenvalue weighted by Gasteiger charge is 2.02. The first-order valence-electron chi connectivity index (χ1n) is 4.69. The van der Waals surface area contributed by atoms with Crippen molar-refractivity contribution in [3.8, 4) is 0 Å². The third-order valence-corrected chi connectivity index (χ3v) is 3.51. The Morgan fingerprint density at radius 2 is 2.06 bits per heavy atom. The van der Waals surface area contributed by atoms with E-state index in [1.165, 1.54) is 5.56 Å². The topological polar surface area (TPSA) is 51.8 Å². The van der Waals surface area contributed by atoms with E-state index in [1.54, 1.807) is 24.2 Å². The zero-order valence-corrected chi connectivity index (χ0v) is 10.8. The van der Waals surface area contributed by atoms with Gasteiger partial charge in [0.05, 0.1) is 0 Å². The number of hydrogen-bond donors (Lipinski definition) is 1. The monoisotopic (exact) mass is 295 g/mol. The van der Waals surface area contributed by atoms with Gasteiger partial charge in [-0.25, -0.2) is 9.97 Å². The zero-order valence-electron chi connectivity index (χ0n) is 8.43. The maximum absolute atomic E-state index is 5.71. The summed E-state index contributed by atoms with van der Waals surface area (Å²) < 4.78 is 1.08. The van der Waals surface area contributed by atoms with E-state index >= 15 is 0 Å². The minimum absolute atomic E-state index is 0.488. The Morgan fingerprint density at radius 3 is 2.81 bits per heavy atom. The molecule has 0 aliphatic rings. The van der Waals surface area contributed by atoms with Gasteiger partial charge in [-0.15, -0.1) is 0 Å². The Morgan fingerprint density at radius 1 is 1.25 bits per heavy atom. The molecule has 0 radical (unpaired) electrons. The molecule has 5 heteroatoms. The molecule has 0 amide bonds. The lowest BCUT2D eigenvalue weighted by Crippen LogP contribution is -1.94. The summed E-state index contributed by atoms with van der Waals surface area (Å²) in [6.07, 6.45) is 3.25. The standard InChI is InChI=1S/C11H10BrN3S/c12-9-3-1-2-8(6-9)7-16-11-10(13)14-4-5-15-11/h1-6H,7H2,(H2,13,14). The third-order valence-electron chi connectivity index (χ3n) is 1.96. The summed E-state index contributed by atoms with van der Waals surface area (Å²) in [6, 6.07) is 8.18. The van der Waals surface area contributed by atoms with Gasteiger partial charge in [0, 0.05) is 22.6 Å². The minimum Gasteiger partial charge on any atom is -0.381 e. The van der Waals surface area contributed by atoms with Crippen LogP contribution in [0.1, 0.15) is 5.56 Å². The normalized spacial score (nSPS) is 10.3. The van der Waals surface area contributed by atoms with Crippen LogP contribution < -0.4 is 5.73 Å². The van der Waals surface area contributed by atoms with Crippen LogP contribution in [0.2, 0.25) is 0 Å². The third kappa shape index (κ3) is 2.96. The van der Waals surface area contributed by atoms with E-state index < -0.39 is 0 Å². The van der Waals surface area contributed by atoms with Crippen molar-refractivity contribution >= 4 is 33.5 Å². The molecule has 0 bridgehead atoms. The maximum atomic E-state index is 5.71. The second-order valence-corrected chi connectivity index (χ2v) is 5.05. The smallest absolute Gasteiger partial charge is 0.156 e. The van der Waals surface area contributed by atoms with E-state index in [4.69, 9.17) is 5.73 Å². The predicted octanol–water partition coefficient (Wildman–Crippen LogP) is 3.11. The number of aromatic nitrogens is 2. The molecule has 82 valence electrons. The Kier molecular flexibility index (Phi) is 3.79. The van der Waals surface area contributed by atoms with E-state index in [1.807, 2.05) is 12.1 Å². The molecule has 1 aromatic heterocycles. The molecule has 2 N–H and O–H groups in total.